The Morgan fingerprint density at radius 2 is 0.625 bits per heavy atom. The Morgan fingerprint density at radius 1 is 0.333 bits per heavy atom. The van der Waals surface area contributed by atoms with Gasteiger partial charge in [0.2, 0.25) is 0 Å². The summed E-state index contributed by atoms with van der Waals surface area (Å²) in [6, 6.07) is 0. The molecular formula is C22H46O2. The molecule has 0 spiro atoms. The van der Waals surface area contributed by atoms with Crippen LogP contribution < -0.4 is 0 Å². The number of hydrogen-bond acceptors (Lipinski definition) is 2. The van der Waals surface area contributed by atoms with Crippen molar-refractivity contribution in [3.8, 4) is 0 Å². The lowest BCUT2D eigenvalue weighted by molar-refractivity contribution is 0.0449. The summed E-state index contributed by atoms with van der Waals surface area (Å²) in [6.45, 7) is 7.85. The number of rotatable bonds is 21. The maximum atomic E-state index is 5.62. The standard InChI is InChI=1S/C22H46O2/c1-3-5-7-8-9-10-11-12-13-14-15-16-18-20-24-22-21-23-19-17-6-4-2/h3-22H2,1-2H3. The van der Waals surface area contributed by atoms with Gasteiger partial charge in [-0.2, -0.15) is 0 Å². The molecule has 2 heteroatoms. The monoisotopic (exact) mass is 342 g/mol. The molecule has 0 N–H and O–H groups in total. The van der Waals surface area contributed by atoms with E-state index in [4.69, 9.17) is 9.47 Å². The van der Waals surface area contributed by atoms with Gasteiger partial charge >= 0.3 is 0 Å². The van der Waals surface area contributed by atoms with Crippen LogP contribution in [0.2, 0.25) is 0 Å². The lowest BCUT2D eigenvalue weighted by Gasteiger charge is -2.06. The predicted molar refractivity (Wildman–Crippen MR) is 107 cm³/mol. The van der Waals surface area contributed by atoms with Gasteiger partial charge in [-0.05, 0) is 12.8 Å². The maximum Gasteiger partial charge on any atom is 0.0700 e. The molecule has 0 aliphatic rings. The van der Waals surface area contributed by atoms with Gasteiger partial charge < -0.3 is 9.47 Å². The van der Waals surface area contributed by atoms with Crippen LogP contribution in [-0.4, -0.2) is 26.4 Å². The second-order valence-corrected chi connectivity index (χ2v) is 7.17. The molecule has 0 aliphatic carbocycles. The molecular weight excluding hydrogens is 296 g/mol. The molecule has 0 saturated heterocycles. The summed E-state index contributed by atoms with van der Waals surface area (Å²) in [7, 11) is 0. The molecule has 0 radical (unpaired) electrons. The van der Waals surface area contributed by atoms with Gasteiger partial charge in [0.15, 0.2) is 0 Å². The van der Waals surface area contributed by atoms with Gasteiger partial charge in [0.1, 0.15) is 0 Å². The summed E-state index contributed by atoms with van der Waals surface area (Å²) in [5.41, 5.74) is 0. The van der Waals surface area contributed by atoms with Crippen molar-refractivity contribution in [2.45, 2.75) is 117 Å². The van der Waals surface area contributed by atoms with Crippen molar-refractivity contribution in [3.63, 3.8) is 0 Å². The van der Waals surface area contributed by atoms with Crippen LogP contribution >= 0.6 is 0 Å². The normalized spacial score (nSPS) is 11.2. The summed E-state index contributed by atoms with van der Waals surface area (Å²) in [6.07, 6.45) is 22.0. The van der Waals surface area contributed by atoms with E-state index >= 15 is 0 Å². The van der Waals surface area contributed by atoms with Crippen molar-refractivity contribution in [2.24, 2.45) is 0 Å². The van der Waals surface area contributed by atoms with Gasteiger partial charge in [0.05, 0.1) is 13.2 Å². The third kappa shape index (κ3) is 21.9. The highest BCUT2D eigenvalue weighted by Crippen LogP contribution is 2.12. The van der Waals surface area contributed by atoms with Gasteiger partial charge in [0.25, 0.3) is 0 Å². The molecule has 0 aliphatic heterocycles. The third-order valence-electron chi connectivity index (χ3n) is 4.66. The van der Waals surface area contributed by atoms with E-state index in [9.17, 15) is 0 Å². The zero-order valence-corrected chi connectivity index (χ0v) is 17.0. The van der Waals surface area contributed by atoms with E-state index in [-0.39, 0.29) is 0 Å². The van der Waals surface area contributed by atoms with Crippen LogP contribution in [0.4, 0.5) is 0 Å². The van der Waals surface area contributed by atoms with Gasteiger partial charge in [-0.25, -0.2) is 0 Å². The molecule has 0 aromatic heterocycles. The molecule has 0 saturated carbocycles. The molecule has 0 heterocycles. The van der Waals surface area contributed by atoms with Crippen LogP contribution in [0, 0.1) is 0 Å². The molecule has 0 bridgehead atoms. The molecule has 24 heavy (non-hydrogen) atoms. The molecule has 0 fully saturated rings. The summed E-state index contributed by atoms with van der Waals surface area (Å²) < 4.78 is 11.1. The number of unbranched alkanes of at least 4 members (excludes halogenated alkanes) is 14. The summed E-state index contributed by atoms with van der Waals surface area (Å²) >= 11 is 0. The number of ether oxygens (including phenoxy) is 2. The Labute approximate surface area is 153 Å². The highest BCUT2D eigenvalue weighted by atomic mass is 16.5. The zero-order chi connectivity index (χ0) is 17.6. The van der Waals surface area contributed by atoms with Crippen molar-refractivity contribution in [3.05, 3.63) is 0 Å². The fraction of sp³-hybridized carbons (Fsp3) is 1.00. The van der Waals surface area contributed by atoms with Crippen molar-refractivity contribution in [1.29, 1.82) is 0 Å². The fourth-order valence-electron chi connectivity index (χ4n) is 3.00. The van der Waals surface area contributed by atoms with Crippen LogP contribution in [0.5, 0.6) is 0 Å². The van der Waals surface area contributed by atoms with Crippen molar-refractivity contribution in [1.82, 2.24) is 0 Å². The lowest BCUT2D eigenvalue weighted by Crippen LogP contribution is -2.06. The highest BCUT2D eigenvalue weighted by molar-refractivity contribution is 4.49. The van der Waals surface area contributed by atoms with Crippen LogP contribution in [0.3, 0.4) is 0 Å². The van der Waals surface area contributed by atoms with E-state index in [1.165, 1.54) is 103 Å². The Hall–Kier alpha value is -0.0800. The van der Waals surface area contributed by atoms with Crippen molar-refractivity contribution in [2.75, 3.05) is 26.4 Å². The molecule has 0 rings (SSSR count). The molecule has 0 unspecified atom stereocenters. The van der Waals surface area contributed by atoms with Crippen molar-refractivity contribution < 1.29 is 9.47 Å². The molecule has 146 valence electrons. The molecule has 0 aromatic rings. The van der Waals surface area contributed by atoms with E-state index in [1.54, 1.807) is 0 Å². The van der Waals surface area contributed by atoms with E-state index in [2.05, 4.69) is 13.8 Å². The van der Waals surface area contributed by atoms with E-state index in [0.717, 1.165) is 26.4 Å². The minimum atomic E-state index is 0.766. The van der Waals surface area contributed by atoms with E-state index in [1.807, 2.05) is 0 Å². The second kappa shape index (κ2) is 22.9. The first-order valence-corrected chi connectivity index (χ1v) is 11.1. The summed E-state index contributed by atoms with van der Waals surface area (Å²) in [5.74, 6) is 0. The molecule has 0 atom stereocenters. The Balaban J connectivity index is 2.93. The Bertz CT molecular complexity index is 184. The first-order valence-electron chi connectivity index (χ1n) is 11.1. The third-order valence-corrected chi connectivity index (χ3v) is 4.66. The second-order valence-electron chi connectivity index (χ2n) is 7.17. The smallest absolute Gasteiger partial charge is 0.0700 e. The SMILES string of the molecule is CCCCCCCCCCCCCCCOCCOCCCCC. The topological polar surface area (TPSA) is 18.5 Å². The van der Waals surface area contributed by atoms with Gasteiger partial charge in [-0.1, -0.05) is 104 Å². The van der Waals surface area contributed by atoms with Gasteiger partial charge in [-0.15, -0.1) is 0 Å². The van der Waals surface area contributed by atoms with Crippen LogP contribution in [-0.2, 0) is 9.47 Å². The van der Waals surface area contributed by atoms with E-state index < -0.39 is 0 Å². The molecule has 0 amide bonds. The fourth-order valence-corrected chi connectivity index (χ4v) is 3.00. The quantitative estimate of drug-likeness (QED) is 0.204. The first kappa shape index (κ1) is 23.9. The average molecular weight is 343 g/mol. The maximum absolute atomic E-state index is 5.62. The van der Waals surface area contributed by atoms with E-state index in [0.29, 0.717) is 0 Å². The average Bonchev–Trinajstić information content (AvgIpc) is 2.60. The van der Waals surface area contributed by atoms with Gasteiger partial charge in [0, 0.05) is 13.2 Å². The zero-order valence-electron chi connectivity index (χ0n) is 17.0. The first-order chi connectivity index (χ1) is 11.9. The summed E-state index contributed by atoms with van der Waals surface area (Å²) in [4.78, 5) is 0. The Morgan fingerprint density at radius 3 is 1.04 bits per heavy atom. The van der Waals surface area contributed by atoms with Crippen LogP contribution in [0.15, 0.2) is 0 Å². The van der Waals surface area contributed by atoms with Gasteiger partial charge in [-0.3, -0.25) is 0 Å². The number of hydrogen-bond donors (Lipinski definition) is 0. The minimum absolute atomic E-state index is 0.766. The summed E-state index contributed by atoms with van der Waals surface area (Å²) in [5, 5.41) is 0. The highest BCUT2D eigenvalue weighted by Gasteiger charge is 1.95. The predicted octanol–water partition coefficient (Wildman–Crippen LogP) is 7.30. The molecule has 2 nitrogen and oxygen atoms in total. The lowest BCUT2D eigenvalue weighted by atomic mass is 10.0. The molecule has 0 aromatic carbocycles. The minimum Gasteiger partial charge on any atom is -0.379 e. The van der Waals surface area contributed by atoms with Crippen LogP contribution in [0.25, 0.3) is 0 Å². The Kier molecular flexibility index (Phi) is 22.8. The largest absolute Gasteiger partial charge is 0.379 e. The van der Waals surface area contributed by atoms with Crippen molar-refractivity contribution >= 4 is 0 Å². The van der Waals surface area contributed by atoms with Crippen LogP contribution in [0.1, 0.15) is 117 Å².